The van der Waals surface area contributed by atoms with E-state index >= 15 is 0 Å². The van der Waals surface area contributed by atoms with Crippen molar-refractivity contribution >= 4 is 43.4 Å². The maximum atomic E-state index is 5.26. The second kappa shape index (κ2) is 10.8. The molecule has 0 saturated heterocycles. The van der Waals surface area contributed by atoms with Gasteiger partial charge in [-0.1, -0.05) is 146 Å². The summed E-state index contributed by atoms with van der Waals surface area (Å²) < 4.78 is 0. The number of nitrogens with zero attached hydrogens (tertiary/aromatic N) is 3. The summed E-state index contributed by atoms with van der Waals surface area (Å²) in [6, 6.07) is 57.4. The van der Waals surface area contributed by atoms with Gasteiger partial charge in [-0.3, -0.25) is 0 Å². The Balaban J connectivity index is 1.21. The molecule has 0 aliphatic carbocycles. The lowest BCUT2D eigenvalue weighted by Crippen LogP contribution is -1.97. The molecule has 3 nitrogen and oxygen atoms in total. The minimum Gasteiger partial charge on any atom is -0.245 e. The van der Waals surface area contributed by atoms with Crippen LogP contribution in [0.2, 0.25) is 0 Å². The highest BCUT2D eigenvalue weighted by Crippen LogP contribution is 2.38. The smallest absolute Gasteiger partial charge is 0.160 e. The van der Waals surface area contributed by atoms with Gasteiger partial charge in [0.05, 0.1) is 16.9 Å². The fourth-order valence-corrected chi connectivity index (χ4v) is 6.60. The van der Waals surface area contributed by atoms with E-state index in [2.05, 4.69) is 127 Å². The molecule has 0 aliphatic rings. The van der Waals surface area contributed by atoms with Gasteiger partial charge >= 0.3 is 0 Å². The molecule has 0 amide bonds. The van der Waals surface area contributed by atoms with Crippen LogP contribution >= 0.6 is 0 Å². The van der Waals surface area contributed by atoms with Crippen molar-refractivity contribution in [2.45, 2.75) is 0 Å². The van der Waals surface area contributed by atoms with Crippen LogP contribution in [-0.4, -0.2) is 15.0 Å². The van der Waals surface area contributed by atoms with Crippen LogP contribution in [0.3, 0.4) is 0 Å². The number of pyridine rings is 1. The minimum absolute atomic E-state index is 0.693. The Morgan fingerprint density at radius 2 is 0.913 bits per heavy atom. The molecule has 2 heterocycles. The number of fused-ring (bicyclic) bond motifs is 5. The zero-order chi connectivity index (χ0) is 30.5. The van der Waals surface area contributed by atoms with Crippen molar-refractivity contribution in [3.8, 4) is 45.0 Å². The first-order valence-corrected chi connectivity index (χ1v) is 15.5. The average Bonchev–Trinajstić information content (AvgIpc) is 3.14. The van der Waals surface area contributed by atoms with Crippen molar-refractivity contribution in [1.82, 2.24) is 15.0 Å². The number of aromatic nitrogens is 3. The van der Waals surface area contributed by atoms with Crippen molar-refractivity contribution in [3.05, 3.63) is 164 Å². The molecule has 0 aliphatic heterocycles. The van der Waals surface area contributed by atoms with Crippen molar-refractivity contribution in [3.63, 3.8) is 0 Å². The molecule has 3 heteroatoms. The lowest BCUT2D eigenvalue weighted by molar-refractivity contribution is 1.23. The summed E-state index contributed by atoms with van der Waals surface area (Å²) in [4.78, 5) is 15.5. The highest BCUT2D eigenvalue weighted by molar-refractivity contribution is 6.13. The second-order valence-electron chi connectivity index (χ2n) is 11.6. The molecule has 0 fully saturated rings. The monoisotopic (exact) mass is 585 g/mol. The SMILES string of the molecule is c1ccc(-c2nc(-c3ccccc3)c3ccc4ccc(-c5ccc(-c6c7ccccc7cc7ccccc67)cc5)nc4c3n2)cc1. The molecule has 9 rings (SSSR count). The molecular weight excluding hydrogens is 558 g/mol. The lowest BCUT2D eigenvalue weighted by Gasteiger charge is -2.13. The number of benzene rings is 7. The van der Waals surface area contributed by atoms with Crippen LogP contribution in [0.4, 0.5) is 0 Å². The summed E-state index contributed by atoms with van der Waals surface area (Å²) in [7, 11) is 0. The molecule has 7 aromatic carbocycles. The van der Waals surface area contributed by atoms with E-state index in [9.17, 15) is 0 Å². The maximum absolute atomic E-state index is 5.26. The van der Waals surface area contributed by atoms with Gasteiger partial charge in [-0.25, -0.2) is 15.0 Å². The number of rotatable bonds is 4. The van der Waals surface area contributed by atoms with Gasteiger partial charge in [-0.15, -0.1) is 0 Å². The molecule has 214 valence electrons. The molecule has 0 bridgehead atoms. The first-order valence-electron chi connectivity index (χ1n) is 15.5. The molecular formula is C43H27N3. The Bertz CT molecular complexity index is 2500. The molecule has 0 atom stereocenters. The fourth-order valence-electron chi connectivity index (χ4n) is 6.60. The maximum Gasteiger partial charge on any atom is 0.160 e. The summed E-state index contributed by atoms with van der Waals surface area (Å²) >= 11 is 0. The van der Waals surface area contributed by atoms with Crippen LogP contribution in [0, 0.1) is 0 Å². The largest absolute Gasteiger partial charge is 0.245 e. The van der Waals surface area contributed by atoms with E-state index in [1.807, 2.05) is 36.4 Å². The molecule has 0 spiro atoms. The summed E-state index contributed by atoms with van der Waals surface area (Å²) in [5.74, 6) is 0.693. The first-order chi connectivity index (χ1) is 22.8. The second-order valence-corrected chi connectivity index (χ2v) is 11.6. The number of hydrogen-bond donors (Lipinski definition) is 0. The van der Waals surface area contributed by atoms with E-state index in [1.54, 1.807) is 0 Å². The third kappa shape index (κ3) is 4.41. The average molecular weight is 586 g/mol. The van der Waals surface area contributed by atoms with Gasteiger partial charge in [-0.05, 0) is 50.9 Å². The fraction of sp³-hybridized carbons (Fsp3) is 0. The number of hydrogen-bond acceptors (Lipinski definition) is 3. The van der Waals surface area contributed by atoms with Crippen LogP contribution in [0.25, 0.3) is 88.4 Å². The predicted molar refractivity (Wildman–Crippen MR) is 192 cm³/mol. The first kappa shape index (κ1) is 26.2. The van der Waals surface area contributed by atoms with Crippen LogP contribution in [-0.2, 0) is 0 Å². The van der Waals surface area contributed by atoms with Crippen LogP contribution in [0.1, 0.15) is 0 Å². The highest BCUT2D eigenvalue weighted by Gasteiger charge is 2.16. The van der Waals surface area contributed by atoms with Crippen molar-refractivity contribution in [2.24, 2.45) is 0 Å². The summed E-state index contributed by atoms with van der Waals surface area (Å²) in [6.07, 6.45) is 0. The van der Waals surface area contributed by atoms with Crippen LogP contribution in [0.5, 0.6) is 0 Å². The molecule has 46 heavy (non-hydrogen) atoms. The highest BCUT2D eigenvalue weighted by atomic mass is 14.9. The van der Waals surface area contributed by atoms with Gasteiger partial charge in [0, 0.05) is 27.5 Å². The minimum atomic E-state index is 0.693. The summed E-state index contributed by atoms with van der Waals surface area (Å²) in [6.45, 7) is 0. The zero-order valence-corrected chi connectivity index (χ0v) is 24.9. The normalized spacial score (nSPS) is 11.5. The third-order valence-corrected chi connectivity index (χ3v) is 8.85. The van der Waals surface area contributed by atoms with Crippen LogP contribution in [0.15, 0.2) is 164 Å². The van der Waals surface area contributed by atoms with Gasteiger partial charge in [0.15, 0.2) is 5.82 Å². The molecule has 0 radical (unpaired) electrons. The van der Waals surface area contributed by atoms with Gasteiger partial charge in [0.2, 0.25) is 0 Å². The Hall–Kier alpha value is -6.19. The standard InChI is InChI=1S/C43H27N3/c1-3-11-30(12-4-1)40-37-25-23-31-24-26-38(44-41(31)42(37)46-43(45-40)32-13-5-2-6-14-32)28-19-21-29(22-20-28)39-35-17-9-7-15-33(35)27-34-16-8-10-18-36(34)39/h1-27H. The van der Waals surface area contributed by atoms with E-state index < -0.39 is 0 Å². The van der Waals surface area contributed by atoms with E-state index in [1.165, 1.54) is 32.7 Å². The van der Waals surface area contributed by atoms with E-state index in [4.69, 9.17) is 15.0 Å². The molecule has 0 N–H and O–H groups in total. The molecule has 2 aromatic heterocycles. The van der Waals surface area contributed by atoms with E-state index in [0.717, 1.165) is 49.9 Å². The van der Waals surface area contributed by atoms with Crippen molar-refractivity contribution in [1.29, 1.82) is 0 Å². The van der Waals surface area contributed by atoms with Crippen molar-refractivity contribution < 1.29 is 0 Å². The Morgan fingerprint density at radius 3 is 1.61 bits per heavy atom. The molecule has 0 unspecified atom stereocenters. The van der Waals surface area contributed by atoms with Gasteiger partial charge in [0.1, 0.15) is 5.52 Å². The van der Waals surface area contributed by atoms with E-state index in [-0.39, 0.29) is 0 Å². The quantitative estimate of drug-likeness (QED) is 0.152. The topological polar surface area (TPSA) is 38.7 Å². The zero-order valence-electron chi connectivity index (χ0n) is 24.9. The van der Waals surface area contributed by atoms with Crippen molar-refractivity contribution in [2.75, 3.05) is 0 Å². The summed E-state index contributed by atoms with van der Waals surface area (Å²) in [5.41, 5.74) is 9.09. The van der Waals surface area contributed by atoms with Gasteiger partial charge in [-0.2, -0.15) is 0 Å². The summed E-state index contributed by atoms with van der Waals surface area (Å²) in [5, 5.41) is 7.04. The Labute approximate surface area is 266 Å². The Morgan fingerprint density at radius 1 is 0.326 bits per heavy atom. The van der Waals surface area contributed by atoms with Gasteiger partial charge < -0.3 is 0 Å². The predicted octanol–water partition coefficient (Wildman–Crippen LogP) is 11.2. The Kier molecular flexibility index (Phi) is 6.14. The van der Waals surface area contributed by atoms with E-state index in [0.29, 0.717) is 5.82 Å². The third-order valence-electron chi connectivity index (χ3n) is 8.85. The van der Waals surface area contributed by atoms with Gasteiger partial charge in [0.25, 0.3) is 0 Å². The van der Waals surface area contributed by atoms with Crippen LogP contribution < -0.4 is 0 Å². The molecule has 9 aromatic rings. The lowest BCUT2D eigenvalue weighted by atomic mass is 9.91. The molecule has 0 saturated carbocycles.